The van der Waals surface area contributed by atoms with Gasteiger partial charge in [0.05, 0.1) is 19.1 Å². The Morgan fingerprint density at radius 3 is 1.76 bits per heavy atom. The highest BCUT2D eigenvalue weighted by Crippen LogP contribution is 2.22. The molecule has 600 valence electrons. The van der Waals surface area contributed by atoms with Crippen molar-refractivity contribution in [2.24, 2.45) is 40.1 Å². The van der Waals surface area contributed by atoms with Gasteiger partial charge in [-0.25, -0.2) is 0 Å². The van der Waals surface area contributed by atoms with Crippen LogP contribution in [0.5, 0.6) is 5.75 Å². The van der Waals surface area contributed by atoms with E-state index in [4.69, 9.17) is 44.9 Å². The van der Waals surface area contributed by atoms with Crippen LogP contribution in [-0.4, -0.2) is 221 Å². The summed E-state index contributed by atoms with van der Waals surface area (Å²) in [5, 5.41) is 43.3. The zero-order valence-electron chi connectivity index (χ0n) is 61.2. The minimum Gasteiger partial charge on any atom is -0.492 e. The van der Waals surface area contributed by atoms with E-state index in [0.29, 0.717) is 33.3 Å². The van der Waals surface area contributed by atoms with Crippen molar-refractivity contribution < 1.29 is 86.6 Å². The zero-order chi connectivity index (χ0) is 81.4. The van der Waals surface area contributed by atoms with Crippen molar-refractivity contribution in [2.75, 3.05) is 44.3 Å². The number of fused-ring (bicyclic) bond motifs is 2. The fraction of sp³-hybridized carbons (Fsp3) is 0.444. The second kappa shape index (κ2) is 44.0. The number of nitrogens with one attached hydrogen (secondary N) is 13. The highest BCUT2D eigenvalue weighted by atomic mass is 32.2. The Balaban J connectivity index is 1.43. The number of aliphatic hydroxyl groups excluding tert-OH is 1. The van der Waals surface area contributed by atoms with E-state index < -0.39 is 218 Å². The molecule has 2 heterocycles. The van der Waals surface area contributed by atoms with Gasteiger partial charge in [-0.3, -0.25) is 76.7 Å². The summed E-state index contributed by atoms with van der Waals surface area (Å²) in [5.41, 5.74) is 41.1. The quantitative estimate of drug-likeness (QED) is 0.0177. The van der Waals surface area contributed by atoms with E-state index in [1.807, 2.05) is 6.07 Å². The molecule has 0 unspecified atom stereocenters. The Bertz CT molecular complexity index is 4160. The minimum absolute atomic E-state index is 0.0211. The third-order valence-electron chi connectivity index (χ3n) is 17.5. The maximum Gasteiger partial charge on any atom is 0.245 e. The third kappa shape index (κ3) is 28.6. The highest BCUT2D eigenvalue weighted by Gasteiger charge is 2.39. The molecule has 111 heavy (non-hydrogen) atoms. The average molecular weight is 1560 g/mol. The molecule has 39 heteroatoms. The molecule has 0 radical (unpaired) electrons. The molecule has 1 saturated heterocycles. The van der Waals surface area contributed by atoms with E-state index in [1.54, 1.807) is 91.1 Å². The van der Waals surface area contributed by atoms with Crippen molar-refractivity contribution in [3.63, 3.8) is 0 Å². The molecule has 6 rings (SSSR count). The lowest BCUT2D eigenvalue weighted by Crippen LogP contribution is -2.62. The number of ether oxygens (including phenoxy) is 1. The molecule has 4 aromatic carbocycles. The van der Waals surface area contributed by atoms with Crippen molar-refractivity contribution in [2.45, 2.75) is 157 Å². The lowest BCUT2D eigenvalue weighted by Gasteiger charge is -2.29. The van der Waals surface area contributed by atoms with Gasteiger partial charge in [-0.2, -0.15) is 11.8 Å². The second-order valence-corrected chi connectivity index (χ2v) is 27.5. The van der Waals surface area contributed by atoms with E-state index in [9.17, 15) is 62.6 Å². The number of carbonyl (C=O) groups excluding carboxylic acids is 16. The first-order chi connectivity index (χ1) is 52.9. The largest absolute Gasteiger partial charge is 0.492 e. The number of aromatic amines is 1. The fourth-order valence-corrected chi connectivity index (χ4v) is 12.8. The van der Waals surface area contributed by atoms with Gasteiger partial charge >= 0.3 is 0 Å². The maximum atomic E-state index is 15.5. The topological polar surface area (TPSA) is 645 Å². The number of aliphatic hydroxyl groups is 1. The number of benzene rings is 4. The summed E-state index contributed by atoms with van der Waals surface area (Å²) in [5.74, 6) is -16.4. The Labute approximate surface area is 641 Å². The monoisotopic (exact) mass is 1560 g/mol. The van der Waals surface area contributed by atoms with Crippen molar-refractivity contribution in [1.29, 1.82) is 0 Å². The van der Waals surface area contributed by atoms with Gasteiger partial charge in [-0.15, -0.1) is 0 Å². The van der Waals surface area contributed by atoms with Gasteiger partial charge in [0.2, 0.25) is 94.5 Å². The lowest BCUT2D eigenvalue weighted by molar-refractivity contribution is -0.137. The van der Waals surface area contributed by atoms with Gasteiger partial charge in [-0.05, 0) is 97.0 Å². The number of rotatable bonds is 36. The van der Waals surface area contributed by atoms with Crippen LogP contribution >= 0.6 is 11.8 Å². The summed E-state index contributed by atoms with van der Waals surface area (Å²) < 4.78 is 5.70. The highest BCUT2D eigenvalue weighted by molar-refractivity contribution is 7.99. The molecular formula is C72H98N20O18S. The fourth-order valence-electron chi connectivity index (χ4n) is 11.7. The predicted molar refractivity (Wildman–Crippen MR) is 405 cm³/mol. The Morgan fingerprint density at radius 1 is 0.577 bits per heavy atom. The molecule has 1 aliphatic heterocycles. The smallest absolute Gasteiger partial charge is 0.245 e. The molecule has 0 spiro atoms. The number of H-pyrrole nitrogens is 1. The number of amides is 16. The summed E-state index contributed by atoms with van der Waals surface area (Å²) in [7, 11) is 0. The number of aromatic nitrogens is 1. The van der Waals surface area contributed by atoms with Crippen LogP contribution in [0.2, 0.25) is 0 Å². The number of hydrogen-bond acceptors (Lipinski definition) is 22. The van der Waals surface area contributed by atoms with Gasteiger partial charge in [-0.1, -0.05) is 72.8 Å². The van der Waals surface area contributed by atoms with Crippen molar-refractivity contribution >= 4 is 128 Å². The number of hydrogen-bond donors (Lipinski definition) is 21. The molecule has 16 amide bonds. The summed E-state index contributed by atoms with van der Waals surface area (Å²) in [6.45, 7) is 1.22. The number of nitrogens with two attached hydrogens (primary N) is 7. The molecule has 12 atom stereocenters. The first-order valence-corrected chi connectivity index (χ1v) is 36.8. The van der Waals surface area contributed by atoms with E-state index >= 15 is 19.2 Å². The molecule has 5 aromatic rings. The molecule has 1 fully saturated rings. The van der Waals surface area contributed by atoms with Gasteiger partial charge < -0.3 is 119 Å². The molecule has 0 saturated carbocycles. The Morgan fingerprint density at radius 2 is 1.14 bits per heavy atom. The van der Waals surface area contributed by atoms with Crippen molar-refractivity contribution in [3.8, 4) is 5.75 Å². The lowest BCUT2D eigenvalue weighted by atomic mass is 9.99. The summed E-state index contributed by atoms with van der Waals surface area (Å²) in [4.78, 5) is 224. The van der Waals surface area contributed by atoms with Crippen LogP contribution in [0.4, 0.5) is 0 Å². The Hall–Kier alpha value is -11.8. The number of primary amides is 4. The van der Waals surface area contributed by atoms with E-state index in [2.05, 4.69) is 68.8 Å². The third-order valence-corrected chi connectivity index (χ3v) is 18.6. The van der Waals surface area contributed by atoms with Gasteiger partial charge in [0.15, 0.2) is 0 Å². The molecular weight excluding hydrogens is 1460 g/mol. The first-order valence-electron chi connectivity index (χ1n) is 35.7. The summed E-state index contributed by atoms with van der Waals surface area (Å²) >= 11 is 0.929. The predicted octanol–water partition coefficient (Wildman–Crippen LogP) is -6.74. The average Bonchev–Trinajstić information content (AvgIpc) is 1.77. The first kappa shape index (κ1) is 88.1. The molecule has 0 aliphatic carbocycles. The van der Waals surface area contributed by atoms with Crippen LogP contribution in [0.3, 0.4) is 0 Å². The molecule has 1 aliphatic rings. The Kier molecular flexibility index (Phi) is 34.9. The summed E-state index contributed by atoms with van der Waals surface area (Å²) in [6.07, 6.45) is -4.29. The molecule has 38 nitrogen and oxygen atoms in total. The minimum atomic E-state index is -1.88. The SMILES string of the molecule is CC(=O)N[C@H]1CCSC[C@@H](C(=O)N[C@@H](Cc2ccc(OCCN)cc2)C(=O)N[C@@H](Cc2ccc3ccccc3c2)C(=O)N[C@@H](CCCN)C(=O)N[C@@H](CN)C(=O)N[C@@H](CC(N)=O)C(=O)NCC(N)=O)NC(=O)[C@H](CCC(N)=O)NC(=O)[C@H](Cc2c[nH]c3ccccc23)NC(=O)[C@H]([C@@H](C)O)NC(=O)[C@H](CCC(N)=O)NC1=O. The normalized spacial score (nSPS) is 19.0. The van der Waals surface area contributed by atoms with Crippen LogP contribution in [0.25, 0.3) is 21.7 Å². The zero-order valence-corrected chi connectivity index (χ0v) is 62.0. The standard InChI is InChI=1S/C72H98N20O18S/c1-37(93)61-72(109)89-53(31-43-34-80-46-11-6-5-10-45(43)46)69(106)85-48(19-21-57(76)95)64(101)91-56(36-111-27-23-50(82-38(2)94)65(102)84-49(66(103)92-61)20-22-58(77)96)71(108)87-51(29-39-14-17-44(18-15-39)110-26-25-74)68(105)86-52(30-40-13-16-41-8-3-4-9-42(41)28-40)67(104)83-47(12-7-24-73)63(100)90-55(33-75)70(107)88-54(32-59(78)97)62(99)81-35-60(79)98/h3-6,8-11,13-18,28,34,37,47-56,61,80,93H,7,12,19-27,29-33,35-36,73-75H2,1-2H3,(H2,76,95)(H2,77,96)(H2,78,97)(H2,79,98)(H,81,99)(H,82,94)(H,83,104)(H,84,102)(H,85,106)(H,86,105)(H,87,108)(H,88,107)(H,89,109)(H,90,100)(H,91,101)(H,92,103)/t37-,47+,48+,49+,50+,51+,52+,53+,54+,55+,56+,61+/m1/s1. The van der Waals surface area contributed by atoms with Crippen molar-refractivity contribution in [3.05, 3.63) is 114 Å². The van der Waals surface area contributed by atoms with Crippen LogP contribution in [0, 0.1) is 0 Å². The van der Waals surface area contributed by atoms with E-state index in [-0.39, 0.29) is 64.0 Å². The molecule has 0 bridgehead atoms. The van der Waals surface area contributed by atoms with E-state index in [0.717, 1.165) is 36.4 Å². The van der Waals surface area contributed by atoms with Gasteiger partial charge in [0.25, 0.3) is 0 Å². The van der Waals surface area contributed by atoms with Gasteiger partial charge in [0, 0.05) is 75.0 Å². The number of carbonyl (C=O) groups is 16. The summed E-state index contributed by atoms with van der Waals surface area (Å²) in [6, 6.07) is 7.20. The molecule has 1 aromatic heterocycles. The van der Waals surface area contributed by atoms with Crippen LogP contribution < -0.4 is 109 Å². The molecule has 28 N–H and O–H groups in total. The van der Waals surface area contributed by atoms with Crippen LogP contribution in [0.1, 0.15) is 81.9 Å². The number of thioether (sulfide) groups is 1. The maximum absolute atomic E-state index is 15.5. The number of para-hydroxylation sites is 1. The van der Waals surface area contributed by atoms with E-state index in [1.165, 1.54) is 0 Å². The van der Waals surface area contributed by atoms with Gasteiger partial charge in [0.1, 0.15) is 78.8 Å². The second-order valence-electron chi connectivity index (χ2n) is 26.4. The van der Waals surface area contributed by atoms with Crippen molar-refractivity contribution in [1.82, 2.24) is 68.8 Å². The van der Waals surface area contributed by atoms with Crippen LogP contribution in [0.15, 0.2) is 97.2 Å². The van der Waals surface area contributed by atoms with Crippen LogP contribution in [-0.2, 0) is 96.0 Å².